The third-order valence-corrected chi connectivity index (χ3v) is 30.3. The molecule has 0 radical (unpaired) electrons. The van der Waals surface area contributed by atoms with E-state index < -0.39 is 127 Å². The van der Waals surface area contributed by atoms with Crippen LogP contribution in [0.3, 0.4) is 0 Å². The first-order valence-electron chi connectivity index (χ1n) is 33.8. The number of aliphatic hydroxyl groups excluding tert-OH is 1. The highest BCUT2D eigenvalue weighted by atomic mass is 28.4. The Bertz CT molecular complexity index is 3240. The predicted octanol–water partition coefficient (Wildman–Crippen LogP) is 12.3. The first-order valence-corrected chi connectivity index (χ1v) is 37.6. The van der Waals surface area contributed by atoms with Gasteiger partial charge in [0.25, 0.3) is 16.6 Å². The maximum atomic E-state index is 11.7. The molecule has 0 aliphatic carbocycles. The van der Waals surface area contributed by atoms with Crippen molar-refractivity contribution < 1.29 is 61.3 Å². The van der Waals surface area contributed by atoms with Crippen LogP contribution in [0.2, 0.25) is 10.1 Å². The number of hydrogen-bond acceptors (Lipinski definition) is 14. The van der Waals surface area contributed by atoms with Gasteiger partial charge in [0.2, 0.25) is 0 Å². The zero-order valence-electron chi connectivity index (χ0n) is 57.4. The van der Waals surface area contributed by atoms with E-state index in [0.717, 1.165) is 31.9 Å². The summed E-state index contributed by atoms with van der Waals surface area (Å²) in [5, 5.41) is 20.0. The number of ether oxygens (including phenoxy) is 10. The molecule has 20 atom stereocenters. The lowest BCUT2D eigenvalue weighted by atomic mass is 9.84. The molecule has 4 saturated heterocycles. The van der Waals surface area contributed by atoms with Gasteiger partial charge in [-0.2, -0.15) is 0 Å². The van der Waals surface area contributed by atoms with Gasteiger partial charge in [-0.3, -0.25) is 0 Å². The van der Waals surface area contributed by atoms with Crippen molar-refractivity contribution in [2.45, 2.75) is 206 Å². The molecule has 16 nitrogen and oxygen atoms in total. The highest BCUT2D eigenvalue weighted by Gasteiger charge is 2.57. The molecule has 506 valence electrons. The summed E-state index contributed by atoms with van der Waals surface area (Å²) in [6.45, 7) is 28.5. The Kier molecular flexibility index (Phi) is 23.8. The zero-order valence-corrected chi connectivity index (χ0v) is 59.4. The minimum absolute atomic E-state index is 0.0558. The smallest absolute Gasteiger partial charge is 0.261 e. The normalized spacial score (nSPS) is 31.9. The summed E-state index contributed by atoms with van der Waals surface area (Å²) in [5.74, 6) is -1.59. The van der Waals surface area contributed by atoms with Crippen molar-refractivity contribution >= 4 is 37.4 Å². The lowest BCUT2D eigenvalue weighted by Gasteiger charge is -2.52. The minimum Gasteiger partial charge on any atom is -0.405 e. The predicted molar refractivity (Wildman–Crippen MR) is 370 cm³/mol. The molecule has 0 bridgehead atoms. The van der Waals surface area contributed by atoms with Crippen LogP contribution in [0.4, 0.5) is 0 Å². The van der Waals surface area contributed by atoms with Gasteiger partial charge in [-0.1, -0.05) is 263 Å². The summed E-state index contributed by atoms with van der Waals surface area (Å²) >= 11 is 0. The molecular weight excluding hydrogens is 1220 g/mol. The summed E-state index contributed by atoms with van der Waals surface area (Å²) in [4.78, 5) is 3.46. The molecule has 1 N–H and O–H groups in total. The average molecular weight is 1320 g/mol. The third-order valence-electron chi connectivity index (χ3n) is 20.3. The average Bonchev–Trinajstić information content (AvgIpc) is 0.755. The van der Waals surface area contributed by atoms with Crippen molar-refractivity contribution in [3.05, 3.63) is 204 Å². The molecule has 0 aromatic heterocycles. The van der Waals surface area contributed by atoms with Crippen molar-refractivity contribution in [3.8, 4) is 0 Å². The molecule has 0 saturated carbocycles. The fourth-order valence-corrected chi connectivity index (χ4v) is 24.0. The van der Waals surface area contributed by atoms with Gasteiger partial charge in [-0.25, -0.2) is 0 Å². The molecule has 6 aromatic rings. The molecule has 10 rings (SSSR count). The van der Waals surface area contributed by atoms with E-state index >= 15 is 0 Å². The first-order chi connectivity index (χ1) is 45.1. The molecule has 4 aliphatic heterocycles. The Labute approximate surface area is 560 Å². The van der Waals surface area contributed by atoms with Crippen LogP contribution >= 0.6 is 0 Å². The van der Waals surface area contributed by atoms with E-state index in [9.17, 15) is 10.6 Å². The lowest BCUT2D eigenvalue weighted by molar-refractivity contribution is -0.363. The van der Waals surface area contributed by atoms with Crippen molar-refractivity contribution in [3.63, 3.8) is 0 Å². The molecule has 4 fully saturated rings. The molecule has 8 unspecified atom stereocenters. The van der Waals surface area contributed by atoms with Gasteiger partial charge in [0.1, 0.15) is 24.4 Å². The van der Waals surface area contributed by atoms with E-state index in [1.807, 2.05) is 113 Å². The van der Waals surface area contributed by atoms with Crippen molar-refractivity contribution in [2.75, 3.05) is 20.3 Å². The van der Waals surface area contributed by atoms with Gasteiger partial charge in [0.15, 0.2) is 25.2 Å². The van der Waals surface area contributed by atoms with Crippen LogP contribution in [-0.4, -0.2) is 134 Å². The summed E-state index contributed by atoms with van der Waals surface area (Å²) < 4.78 is 85.4. The highest BCUT2D eigenvalue weighted by Crippen LogP contribution is 2.45. The van der Waals surface area contributed by atoms with E-state index in [1.165, 1.54) is 0 Å². The van der Waals surface area contributed by atoms with Crippen molar-refractivity contribution in [1.82, 2.24) is 0 Å². The summed E-state index contributed by atoms with van der Waals surface area (Å²) in [7, 11) is -4.56. The monoisotopic (exact) mass is 1320 g/mol. The van der Waals surface area contributed by atoms with Gasteiger partial charge in [-0.15, -0.1) is 0 Å². The quantitative estimate of drug-likeness (QED) is 0.0262. The van der Waals surface area contributed by atoms with Crippen LogP contribution in [-0.2, 0) is 69.4 Å². The molecular formula is C76H101N3O13Si2. The summed E-state index contributed by atoms with van der Waals surface area (Å²) in [5.41, 5.74) is 12.5. The molecule has 0 amide bonds. The highest BCUT2D eigenvalue weighted by molar-refractivity contribution is 7.00. The van der Waals surface area contributed by atoms with E-state index in [4.69, 9.17) is 56.2 Å². The van der Waals surface area contributed by atoms with Gasteiger partial charge in [-0.05, 0) is 73.2 Å². The Balaban J connectivity index is 0.984. The number of aliphatic hydroxyl groups is 1. The fraction of sp³-hybridized carbons (Fsp3) is 0.526. The number of azide groups is 1. The number of nitrogens with zero attached hydrogens (tertiary/aromatic N) is 3. The molecule has 0 spiro atoms. The standard InChI is InChI=1S/C76H101N3O13Si2/c1-49-50(2)71(81-14)88-62(47-84-93(75(8,9)10,58-37-25-17-26-38-58)59-39-27-18-28-40-59)66(49)90-73-53(5)69(83-46-57-35-23-16-24-36-57)70(55(7)87-73)92-74-64(78-79-77)51(3)67(91-72-52(4)68(65(80)54(6)86-72)82-45-56-33-21-15-22-34-56)63(89-74)48-85-94(76(11,12)13,60-41-29-19-30-42-60)61-43-31-20-32-44-61/h15-44,49-55,62-74,80H,45-48H2,1-14H3/t49-,50?,51-,52?,53?,54?,55?,62?,63?,64?,65-,66-,67-,68+,69+,70-,71+,72+,73+,74-/m1/s1. The van der Waals surface area contributed by atoms with E-state index in [2.05, 4.69) is 169 Å². The molecule has 18 heteroatoms. The van der Waals surface area contributed by atoms with Crippen LogP contribution in [0.5, 0.6) is 0 Å². The Hall–Kier alpha value is -5.46. The molecule has 4 aliphatic rings. The maximum absolute atomic E-state index is 11.7. The first kappa shape index (κ1) is 71.3. The van der Waals surface area contributed by atoms with Gasteiger partial charge < -0.3 is 61.3 Å². The lowest BCUT2D eigenvalue weighted by Crippen LogP contribution is -2.68. The van der Waals surface area contributed by atoms with Crippen LogP contribution in [0, 0.1) is 29.6 Å². The third kappa shape index (κ3) is 15.3. The minimum atomic E-state index is -3.22. The van der Waals surface area contributed by atoms with Crippen molar-refractivity contribution in [1.29, 1.82) is 0 Å². The second-order valence-electron chi connectivity index (χ2n) is 28.5. The van der Waals surface area contributed by atoms with Gasteiger partial charge in [0.05, 0.1) is 69.1 Å². The van der Waals surface area contributed by atoms with Crippen LogP contribution in [0.25, 0.3) is 10.4 Å². The number of hydrogen-bond donors (Lipinski definition) is 1. The fourth-order valence-electron chi connectivity index (χ4n) is 14.9. The van der Waals surface area contributed by atoms with Crippen LogP contribution in [0.15, 0.2) is 187 Å². The van der Waals surface area contributed by atoms with Gasteiger partial charge >= 0.3 is 0 Å². The Morgan fingerprint density at radius 1 is 0.426 bits per heavy atom. The Morgan fingerprint density at radius 2 is 0.787 bits per heavy atom. The molecule has 6 aromatic carbocycles. The summed E-state index contributed by atoms with van der Waals surface area (Å²) in [6, 6.07) is 61.2. The SMILES string of the molecule is CO[C@H]1OC(CO[Si](c2ccccc2)(c2ccccc2)C(C)(C)C)[C@H](O[C@@H]2OC(C)[C@@H](O[C@H]3OC(CO[Si](c4ccccc4)(c4ccccc4)C(C)(C)C)[C@H](O[C@@H]4OC(C)[C@@H](O)[C@@H](OCc5ccccc5)C4C)[C@H](C)C3N=[N+]=[N-])[C@@H](OCc3ccccc3)C2C)[C@H](C)C1C. The zero-order chi connectivity index (χ0) is 67.0. The van der Waals surface area contributed by atoms with Crippen LogP contribution in [0.1, 0.15) is 101 Å². The second-order valence-corrected chi connectivity index (χ2v) is 37.1. The topological polar surface area (TPSA) is 180 Å². The number of rotatable bonds is 24. The largest absolute Gasteiger partial charge is 0.405 e. The number of methoxy groups -OCH3 is 1. The molecule has 94 heavy (non-hydrogen) atoms. The summed E-state index contributed by atoms with van der Waals surface area (Å²) in [6.07, 6.45) is -10.4. The van der Waals surface area contributed by atoms with E-state index in [1.54, 1.807) is 7.11 Å². The Morgan fingerprint density at radius 3 is 1.19 bits per heavy atom. The van der Waals surface area contributed by atoms with Crippen LogP contribution < -0.4 is 20.7 Å². The van der Waals surface area contributed by atoms with Crippen molar-refractivity contribution in [2.24, 2.45) is 34.7 Å². The van der Waals surface area contributed by atoms with E-state index in [-0.39, 0.29) is 48.3 Å². The van der Waals surface area contributed by atoms with E-state index in [0.29, 0.717) is 0 Å². The second kappa shape index (κ2) is 31.4. The maximum Gasteiger partial charge on any atom is 0.261 e. The number of benzene rings is 6. The molecule has 4 heterocycles. The van der Waals surface area contributed by atoms with Gasteiger partial charge in [0, 0.05) is 29.8 Å².